The zero-order chi connectivity index (χ0) is 12.7. The fraction of sp³-hybridized carbons (Fsp3) is 0.929. The summed E-state index contributed by atoms with van der Waals surface area (Å²) >= 11 is 0. The van der Waals surface area contributed by atoms with E-state index in [0.29, 0.717) is 11.9 Å². The van der Waals surface area contributed by atoms with Crippen LogP contribution in [-0.4, -0.2) is 35.1 Å². The van der Waals surface area contributed by atoms with Gasteiger partial charge in [0.25, 0.3) is 0 Å². The van der Waals surface area contributed by atoms with E-state index in [-0.39, 0.29) is 12.5 Å². The summed E-state index contributed by atoms with van der Waals surface area (Å²) in [7, 11) is 0. The zero-order valence-electron chi connectivity index (χ0n) is 11.3. The van der Waals surface area contributed by atoms with Crippen molar-refractivity contribution in [3.63, 3.8) is 0 Å². The third kappa shape index (κ3) is 4.30. The van der Waals surface area contributed by atoms with Crippen LogP contribution in [0.5, 0.6) is 0 Å². The van der Waals surface area contributed by atoms with Gasteiger partial charge in [-0.3, -0.25) is 4.79 Å². The fourth-order valence-electron chi connectivity index (χ4n) is 2.67. The maximum atomic E-state index is 12.3. The lowest BCUT2D eigenvalue weighted by Gasteiger charge is -2.27. The van der Waals surface area contributed by atoms with Crippen LogP contribution >= 0.6 is 0 Å². The summed E-state index contributed by atoms with van der Waals surface area (Å²) in [6.07, 6.45) is 7.33. The lowest BCUT2D eigenvalue weighted by atomic mass is 10.0. The predicted octanol–water partition coefficient (Wildman–Crippen LogP) is 2.58. The second-order valence-electron chi connectivity index (χ2n) is 5.24. The molecule has 1 amide bonds. The minimum Gasteiger partial charge on any atom is -0.396 e. The van der Waals surface area contributed by atoms with Gasteiger partial charge in [-0.25, -0.2) is 0 Å². The molecule has 1 rings (SSSR count). The third-order valence-corrected chi connectivity index (χ3v) is 3.77. The number of nitrogens with zero attached hydrogens (tertiary/aromatic N) is 1. The van der Waals surface area contributed by atoms with E-state index in [2.05, 4.69) is 18.7 Å². The Morgan fingerprint density at radius 1 is 1.47 bits per heavy atom. The van der Waals surface area contributed by atoms with Gasteiger partial charge in [-0.1, -0.05) is 26.7 Å². The molecule has 2 unspecified atom stereocenters. The van der Waals surface area contributed by atoms with E-state index in [4.69, 9.17) is 5.11 Å². The summed E-state index contributed by atoms with van der Waals surface area (Å²) in [4.78, 5) is 14.4. The number of rotatable bonds is 7. The normalized spacial score (nSPS) is 21.8. The maximum absolute atomic E-state index is 12.3. The lowest BCUT2D eigenvalue weighted by molar-refractivity contribution is -0.136. The van der Waals surface area contributed by atoms with Crippen molar-refractivity contribution in [1.82, 2.24) is 4.90 Å². The number of aliphatic hydroxyl groups excluding tert-OH is 1. The molecule has 0 bridgehead atoms. The van der Waals surface area contributed by atoms with Crippen LogP contribution in [-0.2, 0) is 4.79 Å². The molecule has 0 aliphatic carbocycles. The highest BCUT2D eigenvalue weighted by molar-refractivity contribution is 5.79. The van der Waals surface area contributed by atoms with Crippen molar-refractivity contribution in [2.24, 2.45) is 5.92 Å². The van der Waals surface area contributed by atoms with Gasteiger partial charge in [-0.15, -0.1) is 0 Å². The molecular formula is C14H27NO2. The fourth-order valence-corrected chi connectivity index (χ4v) is 2.67. The molecule has 0 saturated carbocycles. The van der Waals surface area contributed by atoms with Crippen molar-refractivity contribution in [1.29, 1.82) is 0 Å². The topological polar surface area (TPSA) is 40.5 Å². The SMILES string of the molecule is CCCCC(C)C(=O)N1CCCC1CCCO. The van der Waals surface area contributed by atoms with E-state index in [9.17, 15) is 4.79 Å². The minimum absolute atomic E-state index is 0.171. The molecule has 1 aliphatic rings. The van der Waals surface area contributed by atoms with Crippen molar-refractivity contribution in [3.05, 3.63) is 0 Å². The van der Waals surface area contributed by atoms with Gasteiger partial charge in [0, 0.05) is 25.1 Å². The Balaban J connectivity index is 2.43. The van der Waals surface area contributed by atoms with Crippen LogP contribution in [0.25, 0.3) is 0 Å². The lowest BCUT2D eigenvalue weighted by Crippen LogP contribution is -2.39. The molecule has 1 fully saturated rings. The number of hydrogen-bond donors (Lipinski definition) is 1. The van der Waals surface area contributed by atoms with Crippen LogP contribution < -0.4 is 0 Å². The highest BCUT2D eigenvalue weighted by atomic mass is 16.3. The Bertz CT molecular complexity index is 230. The number of likely N-dealkylation sites (tertiary alicyclic amines) is 1. The number of hydrogen-bond acceptors (Lipinski definition) is 2. The molecule has 0 spiro atoms. The molecule has 0 aromatic heterocycles. The Hall–Kier alpha value is -0.570. The zero-order valence-corrected chi connectivity index (χ0v) is 11.3. The number of carbonyl (C=O) groups excluding carboxylic acids is 1. The maximum Gasteiger partial charge on any atom is 0.225 e. The first-order valence-electron chi connectivity index (χ1n) is 7.12. The summed E-state index contributed by atoms with van der Waals surface area (Å²) in [5, 5.41) is 8.87. The number of carbonyl (C=O) groups is 1. The Morgan fingerprint density at radius 3 is 2.88 bits per heavy atom. The van der Waals surface area contributed by atoms with Crippen LogP contribution in [0.3, 0.4) is 0 Å². The molecule has 1 heterocycles. The molecule has 0 aromatic carbocycles. The van der Waals surface area contributed by atoms with Crippen molar-refractivity contribution in [3.8, 4) is 0 Å². The molecule has 17 heavy (non-hydrogen) atoms. The summed E-state index contributed by atoms with van der Waals surface area (Å²) in [6, 6.07) is 0.388. The van der Waals surface area contributed by atoms with E-state index in [1.54, 1.807) is 0 Å². The molecular weight excluding hydrogens is 214 g/mol. The second-order valence-corrected chi connectivity index (χ2v) is 5.24. The first-order valence-corrected chi connectivity index (χ1v) is 7.12. The van der Waals surface area contributed by atoms with Crippen molar-refractivity contribution in [2.75, 3.05) is 13.2 Å². The smallest absolute Gasteiger partial charge is 0.225 e. The van der Waals surface area contributed by atoms with Gasteiger partial charge in [-0.05, 0) is 32.1 Å². The quantitative estimate of drug-likeness (QED) is 0.744. The molecule has 2 atom stereocenters. The monoisotopic (exact) mass is 241 g/mol. The second kappa shape index (κ2) is 7.70. The van der Waals surface area contributed by atoms with Gasteiger partial charge in [0.2, 0.25) is 5.91 Å². The largest absolute Gasteiger partial charge is 0.396 e. The van der Waals surface area contributed by atoms with E-state index in [1.165, 1.54) is 0 Å². The van der Waals surface area contributed by atoms with Gasteiger partial charge >= 0.3 is 0 Å². The number of amides is 1. The summed E-state index contributed by atoms with van der Waals surface area (Å²) < 4.78 is 0. The first kappa shape index (κ1) is 14.5. The van der Waals surface area contributed by atoms with Gasteiger partial charge in [0.1, 0.15) is 0 Å². The summed E-state index contributed by atoms with van der Waals surface area (Å²) in [5.74, 6) is 0.503. The number of aliphatic hydroxyl groups is 1. The van der Waals surface area contributed by atoms with Crippen LogP contribution in [0.2, 0.25) is 0 Å². The molecule has 3 heteroatoms. The molecule has 0 aromatic rings. The highest BCUT2D eigenvalue weighted by Gasteiger charge is 2.30. The van der Waals surface area contributed by atoms with E-state index >= 15 is 0 Å². The highest BCUT2D eigenvalue weighted by Crippen LogP contribution is 2.24. The van der Waals surface area contributed by atoms with Crippen LogP contribution in [0.15, 0.2) is 0 Å². The molecule has 100 valence electrons. The van der Waals surface area contributed by atoms with Gasteiger partial charge in [0.05, 0.1) is 0 Å². The molecule has 1 saturated heterocycles. The van der Waals surface area contributed by atoms with Gasteiger partial charge < -0.3 is 10.0 Å². The predicted molar refractivity (Wildman–Crippen MR) is 69.7 cm³/mol. The third-order valence-electron chi connectivity index (χ3n) is 3.77. The standard InChI is InChI=1S/C14H27NO2/c1-3-4-7-12(2)14(17)15-10-5-8-13(15)9-6-11-16/h12-13,16H,3-11H2,1-2H3. The van der Waals surface area contributed by atoms with Crippen LogP contribution in [0.4, 0.5) is 0 Å². The van der Waals surface area contributed by atoms with Gasteiger partial charge in [-0.2, -0.15) is 0 Å². The van der Waals surface area contributed by atoms with Crippen molar-refractivity contribution in [2.45, 2.75) is 64.8 Å². The van der Waals surface area contributed by atoms with Crippen LogP contribution in [0, 0.1) is 5.92 Å². The Labute approximate surface area is 105 Å². The minimum atomic E-state index is 0.171. The van der Waals surface area contributed by atoms with Crippen molar-refractivity contribution < 1.29 is 9.90 Å². The average Bonchev–Trinajstić information content (AvgIpc) is 2.80. The van der Waals surface area contributed by atoms with E-state index < -0.39 is 0 Å². The summed E-state index contributed by atoms with van der Waals surface area (Å²) in [6.45, 7) is 5.38. The summed E-state index contributed by atoms with van der Waals surface area (Å²) in [5.41, 5.74) is 0. The molecule has 3 nitrogen and oxygen atoms in total. The molecule has 1 N–H and O–H groups in total. The molecule has 0 radical (unpaired) electrons. The van der Waals surface area contributed by atoms with E-state index in [1.807, 2.05) is 0 Å². The first-order chi connectivity index (χ1) is 8.20. The van der Waals surface area contributed by atoms with E-state index in [0.717, 1.165) is 51.5 Å². The van der Waals surface area contributed by atoms with Crippen molar-refractivity contribution >= 4 is 5.91 Å². The Kier molecular flexibility index (Phi) is 6.56. The average molecular weight is 241 g/mol. The Morgan fingerprint density at radius 2 is 2.24 bits per heavy atom. The van der Waals surface area contributed by atoms with Crippen LogP contribution in [0.1, 0.15) is 58.8 Å². The van der Waals surface area contributed by atoms with Gasteiger partial charge in [0.15, 0.2) is 0 Å². The molecule has 1 aliphatic heterocycles. The number of unbranched alkanes of at least 4 members (excludes halogenated alkanes) is 1.